The average molecular weight is 301 g/mol. The summed E-state index contributed by atoms with van der Waals surface area (Å²) in [5.41, 5.74) is 3.62. The molecule has 0 aliphatic carbocycles. The summed E-state index contributed by atoms with van der Waals surface area (Å²) in [6.45, 7) is 7.66. The molecular weight excluding hydrogens is 279 g/mol. The van der Waals surface area contributed by atoms with E-state index in [1.54, 1.807) is 0 Å². The maximum absolute atomic E-state index is 6.01. The minimum Gasteiger partial charge on any atom is -0.327 e. The number of fused-ring (bicyclic) bond motifs is 1. The first-order valence-corrected chi connectivity index (χ1v) is 7.23. The molecule has 1 heterocycles. The Labute approximate surface area is 126 Å². The van der Waals surface area contributed by atoms with Crippen molar-refractivity contribution in [1.29, 1.82) is 0 Å². The fourth-order valence-corrected chi connectivity index (χ4v) is 2.39. The molecule has 0 N–H and O–H groups in total. The van der Waals surface area contributed by atoms with Crippen LogP contribution >= 0.6 is 24.0 Å². The van der Waals surface area contributed by atoms with Crippen molar-refractivity contribution in [3.05, 3.63) is 29.6 Å². The third-order valence-corrected chi connectivity index (χ3v) is 3.59. The molecule has 0 bridgehead atoms. The Hall–Kier alpha value is -0.730. The predicted molar refractivity (Wildman–Crippen MR) is 85.4 cm³/mol. The van der Waals surface area contributed by atoms with E-state index in [1.807, 2.05) is 0 Å². The largest absolute Gasteiger partial charge is 0.327 e. The van der Waals surface area contributed by atoms with E-state index in [1.165, 1.54) is 11.1 Å². The molecule has 0 atom stereocenters. The lowest BCUT2D eigenvalue weighted by Gasteiger charge is -2.09. The van der Waals surface area contributed by atoms with Gasteiger partial charge in [-0.05, 0) is 36.5 Å². The minimum atomic E-state index is 0. The highest BCUT2D eigenvalue weighted by Crippen LogP contribution is 2.20. The molecule has 1 aromatic heterocycles. The monoisotopic (exact) mass is 300 g/mol. The van der Waals surface area contributed by atoms with Crippen LogP contribution in [0.1, 0.15) is 38.6 Å². The van der Waals surface area contributed by atoms with Crippen LogP contribution in [0.4, 0.5) is 0 Å². The van der Waals surface area contributed by atoms with Crippen LogP contribution in [0.25, 0.3) is 11.0 Å². The van der Waals surface area contributed by atoms with Gasteiger partial charge >= 0.3 is 0 Å². The molecule has 0 spiro atoms. The van der Waals surface area contributed by atoms with Gasteiger partial charge in [-0.15, -0.1) is 24.0 Å². The summed E-state index contributed by atoms with van der Waals surface area (Å²) in [7, 11) is 0. The number of alkyl halides is 1. The van der Waals surface area contributed by atoms with Crippen molar-refractivity contribution in [2.45, 2.75) is 46.0 Å². The first-order valence-electron chi connectivity index (χ1n) is 6.69. The molecule has 0 aliphatic rings. The summed E-state index contributed by atoms with van der Waals surface area (Å²) in [6, 6.07) is 6.54. The number of halogens is 2. The Bertz CT molecular complexity index is 532. The highest BCUT2D eigenvalue weighted by atomic mass is 35.5. The molecule has 0 saturated heterocycles. The molecule has 0 aliphatic heterocycles. The zero-order valence-corrected chi connectivity index (χ0v) is 13.4. The van der Waals surface area contributed by atoms with Crippen LogP contribution in [-0.4, -0.2) is 9.55 Å². The van der Waals surface area contributed by atoms with Gasteiger partial charge in [0.2, 0.25) is 0 Å². The average Bonchev–Trinajstić information content (AvgIpc) is 2.72. The van der Waals surface area contributed by atoms with Crippen molar-refractivity contribution in [3.8, 4) is 0 Å². The molecule has 19 heavy (non-hydrogen) atoms. The predicted octanol–water partition coefficient (Wildman–Crippen LogP) is 4.81. The van der Waals surface area contributed by atoms with Crippen LogP contribution in [0.5, 0.6) is 0 Å². The van der Waals surface area contributed by atoms with Crippen molar-refractivity contribution in [2.24, 2.45) is 5.92 Å². The van der Waals surface area contributed by atoms with E-state index in [0.717, 1.165) is 30.7 Å². The van der Waals surface area contributed by atoms with Crippen molar-refractivity contribution in [2.75, 3.05) is 0 Å². The molecule has 106 valence electrons. The molecule has 0 amide bonds. The molecule has 0 radical (unpaired) electrons. The van der Waals surface area contributed by atoms with E-state index in [-0.39, 0.29) is 12.4 Å². The number of imidazole rings is 1. The second kappa shape index (κ2) is 7.16. The molecule has 0 fully saturated rings. The number of nitrogens with zero attached hydrogens (tertiary/aromatic N) is 2. The van der Waals surface area contributed by atoms with Gasteiger partial charge in [-0.25, -0.2) is 4.98 Å². The maximum Gasteiger partial charge on any atom is 0.124 e. The number of rotatable bonds is 5. The summed E-state index contributed by atoms with van der Waals surface area (Å²) in [5.74, 6) is 2.16. The zero-order valence-electron chi connectivity index (χ0n) is 11.8. The van der Waals surface area contributed by atoms with Gasteiger partial charge in [0.25, 0.3) is 0 Å². The molecule has 4 heteroatoms. The van der Waals surface area contributed by atoms with Crippen molar-refractivity contribution in [3.63, 3.8) is 0 Å². The van der Waals surface area contributed by atoms with E-state index in [4.69, 9.17) is 11.6 Å². The van der Waals surface area contributed by atoms with Crippen molar-refractivity contribution < 1.29 is 0 Å². The number of aromatic nitrogens is 2. The topological polar surface area (TPSA) is 17.8 Å². The van der Waals surface area contributed by atoms with Gasteiger partial charge in [-0.2, -0.15) is 0 Å². The number of hydrogen-bond donors (Lipinski definition) is 0. The highest BCUT2D eigenvalue weighted by Gasteiger charge is 2.10. The van der Waals surface area contributed by atoms with E-state index in [0.29, 0.717) is 11.8 Å². The molecule has 1 aromatic carbocycles. The zero-order chi connectivity index (χ0) is 13.1. The molecule has 2 aromatic rings. The van der Waals surface area contributed by atoms with Gasteiger partial charge in [0, 0.05) is 6.54 Å². The summed E-state index contributed by atoms with van der Waals surface area (Å²) in [4.78, 5) is 4.65. The molecule has 0 saturated carbocycles. The SMILES string of the molecule is CCc1ccc2c(c1)nc(CCl)n2CCC(C)C.Cl. The van der Waals surface area contributed by atoms with Gasteiger partial charge in [0.1, 0.15) is 5.82 Å². The number of hydrogen-bond acceptors (Lipinski definition) is 1. The molecular formula is C15H22Cl2N2. The Morgan fingerprint density at radius 2 is 2.05 bits per heavy atom. The van der Waals surface area contributed by atoms with E-state index in [9.17, 15) is 0 Å². The third-order valence-electron chi connectivity index (χ3n) is 3.35. The van der Waals surface area contributed by atoms with E-state index in [2.05, 4.69) is 48.5 Å². The quantitative estimate of drug-likeness (QED) is 0.725. The van der Waals surface area contributed by atoms with Crippen molar-refractivity contribution in [1.82, 2.24) is 9.55 Å². The number of aryl methyl sites for hydroxylation is 2. The van der Waals surface area contributed by atoms with Gasteiger partial charge in [0.05, 0.1) is 16.9 Å². The summed E-state index contributed by atoms with van der Waals surface area (Å²) >= 11 is 6.01. The highest BCUT2D eigenvalue weighted by molar-refractivity contribution is 6.16. The van der Waals surface area contributed by atoms with Crippen LogP contribution in [0.2, 0.25) is 0 Å². The van der Waals surface area contributed by atoms with Crippen LogP contribution in [0, 0.1) is 5.92 Å². The van der Waals surface area contributed by atoms with Crippen molar-refractivity contribution >= 4 is 35.0 Å². The van der Waals surface area contributed by atoms with Crippen LogP contribution in [-0.2, 0) is 18.8 Å². The minimum absolute atomic E-state index is 0. The van der Waals surface area contributed by atoms with Crippen LogP contribution in [0.15, 0.2) is 18.2 Å². The fourth-order valence-electron chi connectivity index (χ4n) is 2.18. The van der Waals surface area contributed by atoms with E-state index >= 15 is 0 Å². The Morgan fingerprint density at radius 1 is 1.32 bits per heavy atom. The van der Waals surface area contributed by atoms with Crippen LogP contribution < -0.4 is 0 Å². The fraction of sp³-hybridized carbons (Fsp3) is 0.533. The summed E-state index contributed by atoms with van der Waals surface area (Å²) < 4.78 is 2.27. The number of benzene rings is 1. The molecule has 2 rings (SSSR count). The molecule has 2 nitrogen and oxygen atoms in total. The Balaban J connectivity index is 0.00000180. The Morgan fingerprint density at radius 3 is 2.63 bits per heavy atom. The van der Waals surface area contributed by atoms with Gasteiger partial charge in [-0.1, -0.05) is 26.8 Å². The van der Waals surface area contributed by atoms with Gasteiger partial charge in [-0.3, -0.25) is 0 Å². The molecule has 0 unspecified atom stereocenters. The smallest absolute Gasteiger partial charge is 0.124 e. The van der Waals surface area contributed by atoms with Crippen LogP contribution in [0.3, 0.4) is 0 Å². The lowest BCUT2D eigenvalue weighted by Crippen LogP contribution is -2.05. The first-order chi connectivity index (χ1) is 8.65. The summed E-state index contributed by atoms with van der Waals surface area (Å²) in [5, 5.41) is 0. The van der Waals surface area contributed by atoms with Gasteiger partial charge in [0.15, 0.2) is 0 Å². The maximum atomic E-state index is 6.01. The van der Waals surface area contributed by atoms with E-state index < -0.39 is 0 Å². The first kappa shape index (κ1) is 16.3. The summed E-state index contributed by atoms with van der Waals surface area (Å²) in [6.07, 6.45) is 2.20. The lowest BCUT2D eigenvalue weighted by molar-refractivity contribution is 0.516. The second-order valence-corrected chi connectivity index (χ2v) is 5.44. The third kappa shape index (κ3) is 3.64. The normalized spacial score (nSPS) is 11.0. The standard InChI is InChI=1S/C15H21ClN2.ClH/c1-4-12-5-6-14-13(9-12)17-15(10-16)18(14)8-7-11(2)3;/h5-6,9,11H,4,7-8,10H2,1-3H3;1H. The Kier molecular flexibility index (Phi) is 6.15. The van der Waals surface area contributed by atoms with Gasteiger partial charge < -0.3 is 4.57 Å². The lowest BCUT2D eigenvalue weighted by atomic mass is 10.1. The second-order valence-electron chi connectivity index (χ2n) is 5.17.